The van der Waals surface area contributed by atoms with Crippen molar-refractivity contribution >= 4 is 35.8 Å². The van der Waals surface area contributed by atoms with E-state index in [4.69, 9.17) is 0 Å². The van der Waals surface area contributed by atoms with Gasteiger partial charge in [0.25, 0.3) is 5.91 Å². The van der Waals surface area contributed by atoms with E-state index >= 15 is 0 Å². The Morgan fingerprint density at radius 3 is 2.36 bits per heavy atom. The van der Waals surface area contributed by atoms with Crippen molar-refractivity contribution in [3.63, 3.8) is 0 Å². The molecular weight excluding hydrogens is 427 g/mol. The summed E-state index contributed by atoms with van der Waals surface area (Å²) < 4.78 is 0. The monoisotopic (exact) mass is 460 g/mol. The van der Waals surface area contributed by atoms with Gasteiger partial charge >= 0.3 is 0 Å². The molecule has 142 valence electrons. The molecule has 0 spiro atoms. The summed E-state index contributed by atoms with van der Waals surface area (Å²) in [6, 6.07) is 8.04. The van der Waals surface area contributed by atoms with Gasteiger partial charge in [0.1, 0.15) is 0 Å². The molecule has 0 saturated carbocycles. The van der Waals surface area contributed by atoms with Crippen LogP contribution in [0, 0.1) is 0 Å². The Bertz CT molecular complexity index is 517. The molecule has 0 bridgehead atoms. The van der Waals surface area contributed by atoms with Gasteiger partial charge in [-0.2, -0.15) is 0 Å². The molecular formula is C19H33IN4O. The number of hydrogen-bond donors (Lipinski definition) is 3. The fourth-order valence-electron chi connectivity index (χ4n) is 2.07. The molecule has 5 nitrogen and oxygen atoms in total. The number of carbonyl (C=O) groups is 1. The number of amides is 1. The number of rotatable bonds is 9. The minimum absolute atomic E-state index is 0. The minimum atomic E-state index is -0.00900. The summed E-state index contributed by atoms with van der Waals surface area (Å²) in [5.41, 5.74) is 1.78. The first-order valence-electron chi connectivity index (χ1n) is 9.02. The van der Waals surface area contributed by atoms with Gasteiger partial charge < -0.3 is 16.0 Å². The number of nitrogens with one attached hydrogen (secondary N) is 3. The summed E-state index contributed by atoms with van der Waals surface area (Å²) in [5, 5.41) is 9.55. The van der Waals surface area contributed by atoms with Crippen LogP contribution in [-0.4, -0.2) is 31.0 Å². The van der Waals surface area contributed by atoms with Crippen LogP contribution in [0.15, 0.2) is 29.3 Å². The Balaban J connectivity index is 0.00000576. The zero-order chi connectivity index (χ0) is 17.8. The SMILES string of the molecule is CCCCNC(=O)c1ccc(CN=C(NCC)NC(C)CC)cc1.I. The molecule has 0 aliphatic rings. The Labute approximate surface area is 169 Å². The molecule has 0 aliphatic heterocycles. The summed E-state index contributed by atoms with van der Waals surface area (Å²) in [6.07, 6.45) is 3.14. The molecule has 1 rings (SSSR count). The van der Waals surface area contributed by atoms with Crippen LogP contribution in [0.3, 0.4) is 0 Å². The predicted molar refractivity (Wildman–Crippen MR) is 117 cm³/mol. The summed E-state index contributed by atoms with van der Waals surface area (Å²) in [5.74, 6) is 0.818. The molecule has 1 amide bonds. The Morgan fingerprint density at radius 1 is 1.12 bits per heavy atom. The molecule has 0 aliphatic carbocycles. The number of unbranched alkanes of at least 4 members (excludes halogenated alkanes) is 1. The van der Waals surface area contributed by atoms with Crippen LogP contribution in [0.4, 0.5) is 0 Å². The van der Waals surface area contributed by atoms with E-state index in [-0.39, 0.29) is 29.9 Å². The maximum atomic E-state index is 12.0. The predicted octanol–water partition coefficient (Wildman–Crippen LogP) is 3.69. The van der Waals surface area contributed by atoms with E-state index in [2.05, 4.69) is 48.6 Å². The van der Waals surface area contributed by atoms with E-state index in [0.717, 1.165) is 43.9 Å². The molecule has 0 heterocycles. The quantitative estimate of drug-likeness (QED) is 0.228. The van der Waals surface area contributed by atoms with Gasteiger partial charge in [-0.3, -0.25) is 4.79 Å². The lowest BCUT2D eigenvalue weighted by Gasteiger charge is -2.16. The average molecular weight is 460 g/mol. The van der Waals surface area contributed by atoms with Crippen LogP contribution in [-0.2, 0) is 6.54 Å². The van der Waals surface area contributed by atoms with Gasteiger partial charge in [-0.15, -0.1) is 24.0 Å². The molecule has 0 radical (unpaired) electrons. The van der Waals surface area contributed by atoms with Crippen LogP contribution in [0.1, 0.15) is 62.9 Å². The number of nitrogens with zero attached hydrogens (tertiary/aromatic N) is 1. The summed E-state index contributed by atoms with van der Waals surface area (Å²) in [6.45, 7) is 10.6. The first-order valence-corrected chi connectivity index (χ1v) is 9.02. The lowest BCUT2D eigenvalue weighted by Crippen LogP contribution is -2.41. The first-order chi connectivity index (χ1) is 11.6. The van der Waals surface area contributed by atoms with Crippen LogP contribution in [0.2, 0.25) is 0 Å². The molecule has 0 saturated heterocycles. The third kappa shape index (κ3) is 9.67. The number of hydrogen-bond acceptors (Lipinski definition) is 2. The van der Waals surface area contributed by atoms with Gasteiger partial charge in [0.2, 0.25) is 0 Å². The van der Waals surface area contributed by atoms with E-state index in [9.17, 15) is 4.79 Å². The van der Waals surface area contributed by atoms with Crippen molar-refractivity contribution in [3.05, 3.63) is 35.4 Å². The molecule has 0 fully saturated rings. The first kappa shape index (κ1) is 23.7. The Hall–Kier alpha value is -1.31. The lowest BCUT2D eigenvalue weighted by atomic mass is 10.1. The van der Waals surface area contributed by atoms with Gasteiger partial charge in [-0.1, -0.05) is 32.4 Å². The molecule has 3 N–H and O–H groups in total. The Morgan fingerprint density at radius 2 is 1.80 bits per heavy atom. The van der Waals surface area contributed by atoms with E-state index < -0.39 is 0 Å². The normalized spacial score (nSPS) is 12.1. The highest BCUT2D eigenvalue weighted by Crippen LogP contribution is 2.06. The topological polar surface area (TPSA) is 65.5 Å². The summed E-state index contributed by atoms with van der Waals surface area (Å²) in [4.78, 5) is 16.6. The van der Waals surface area contributed by atoms with Gasteiger partial charge in [0.15, 0.2) is 5.96 Å². The molecule has 1 aromatic carbocycles. The van der Waals surface area contributed by atoms with Crippen LogP contribution in [0.25, 0.3) is 0 Å². The second-order valence-corrected chi connectivity index (χ2v) is 5.96. The largest absolute Gasteiger partial charge is 0.357 e. The van der Waals surface area contributed by atoms with Crippen molar-refractivity contribution < 1.29 is 4.79 Å². The van der Waals surface area contributed by atoms with E-state index in [1.807, 2.05) is 24.3 Å². The average Bonchev–Trinajstić information content (AvgIpc) is 2.60. The Kier molecular flexibility index (Phi) is 13.2. The van der Waals surface area contributed by atoms with Crippen molar-refractivity contribution in [2.75, 3.05) is 13.1 Å². The number of halogens is 1. The van der Waals surface area contributed by atoms with Crippen molar-refractivity contribution in [2.24, 2.45) is 4.99 Å². The molecule has 6 heteroatoms. The zero-order valence-electron chi connectivity index (χ0n) is 15.9. The van der Waals surface area contributed by atoms with Gasteiger partial charge in [-0.25, -0.2) is 4.99 Å². The van der Waals surface area contributed by atoms with Gasteiger partial charge in [-0.05, 0) is 44.4 Å². The van der Waals surface area contributed by atoms with Gasteiger partial charge in [0.05, 0.1) is 6.54 Å². The highest BCUT2D eigenvalue weighted by atomic mass is 127. The molecule has 1 atom stereocenters. The molecule has 1 unspecified atom stereocenters. The summed E-state index contributed by atoms with van der Waals surface area (Å²) >= 11 is 0. The van der Waals surface area contributed by atoms with E-state index in [0.29, 0.717) is 18.2 Å². The van der Waals surface area contributed by atoms with E-state index in [1.165, 1.54) is 0 Å². The summed E-state index contributed by atoms with van der Waals surface area (Å²) in [7, 11) is 0. The standard InChI is InChI=1S/C19H32N4O.HI/c1-5-8-13-21-18(24)17-11-9-16(10-12-17)14-22-19(20-7-3)23-15(4)6-2;/h9-12,15H,5-8,13-14H2,1-4H3,(H,21,24)(H2,20,22,23);1H. The zero-order valence-corrected chi connectivity index (χ0v) is 18.2. The third-order valence-electron chi connectivity index (χ3n) is 3.79. The number of aliphatic imine (C=N–C) groups is 1. The molecule has 0 aromatic heterocycles. The number of carbonyl (C=O) groups excluding carboxylic acids is 1. The van der Waals surface area contributed by atoms with Crippen molar-refractivity contribution in [3.8, 4) is 0 Å². The lowest BCUT2D eigenvalue weighted by molar-refractivity contribution is 0.0953. The number of guanidine groups is 1. The second kappa shape index (κ2) is 13.9. The fourth-order valence-corrected chi connectivity index (χ4v) is 2.07. The number of benzene rings is 1. The fraction of sp³-hybridized carbons (Fsp3) is 0.579. The van der Waals surface area contributed by atoms with Crippen LogP contribution < -0.4 is 16.0 Å². The maximum Gasteiger partial charge on any atom is 0.251 e. The molecule has 25 heavy (non-hydrogen) atoms. The maximum absolute atomic E-state index is 12.0. The highest BCUT2D eigenvalue weighted by molar-refractivity contribution is 14.0. The second-order valence-electron chi connectivity index (χ2n) is 5.96. The minimum Gasteiger partial charge on any atom is -0.357 e. The third-order valence-corrected chi connectivity index (χ3v) is 3.79. The van der Waals surface area contributed by atoms with Crippen molar-refractivity contribution in [1.29, 1.82) is 0 Å². The van der Waals surface area contributed by atoms with E-state index in [1.54, 1.807) is 0 Å². The molecule has 1 aromatic rings. The van der Waals surface area contributed by atoms with Crippen molar-refractivity contribution in [1.82, 2.24) is 16.0 Å². The smallest absolute Gasteiger partial charge is 0.251 e. The highest BCUT2D eigenvalue weighted by Gasteiger charge is 2.05. The van der Waals surface area contributed by atoms with Crippen LogP contribution in [0.5, 0.6) is 0 Å². The van der Waals surface area contributed by atoms with Crippen LogP contribution >= 0.6 is 24.0 Å². The van der Waals surface area contributed by atoms with Crippen molar-refractivity contribution in [2.45, 2.75) is 59.5 Å². The van der Waals surface area contributed by atoms with Gasteiger partial charge in [0, 0.05) is 24.7 Å².